The second kappa shape index (κ2) is 9.59. The van der Waals surface area contributed by atoms with Crippen molar-refractivity contribution in [3.05, 3.63) is 0 Å². The van der Waals surface area contributed by atoms with Crippen molar-refractivity contribution in [2.45, 2.75) is 45.6 Å². The van der Waals surface area contributed by atoms with Crippen molar-refractivity contribution >= 4 is 6.09 Å². The van der Waals surface area contributed by atoms with Gasteiger partial charge in [-0.05, 0) is 59.7 Å². The standard InChI is InChI=1S/C18H35N3O3/c1-18(2,3)24-17(22)21-11-5-9-19(12-13-21)7-4-8-20-10-6-15-23-16-14-20/h4-16H2,1-3H3. The summed E-state index contributed by atoms with van der Waals surface area (Å²) in [6.45, 7) is 15.6. The lowest BCUT2D eigenvalue weighted by Gasteiger charge is -2.26. The molecule has 2 aliphatic heterocycles. The van der Waals surface area contributed by atoms with Gasteiger partial charge in [-0.2, -0.15) is 0 Å². The molecule has 2 heterocycles. The highest BCUT2D eigenvalue weighted by atomic mass is 16.6. The Kier molecular flexibility index (Phi) is 7.78. The van der Waals surface area contributed by atoms with E-state index in [4.69, 9.17) is 9.47 Å². The van der Waals surface area contributed by atoms with Crippen LogP contribution in [-0.4, -0.2) is 92.0 Å². The van der Waals surface area contributed by atoms with Crippen LogP contribution in [0.4, 0.5) is 4.79 Å². The van der Waals surface area contributed by atoms with Crippen LogP contribution in [0, 0.1) is 0 Å². The number of carbonyl (C=O) groups is 1. The van der Waals surface area contributed by atoms with E-state index in [1.165, 1.54) is 6.42 Å². The maximum atomic E-state index is 12.2. The lowest BCUT2D eigenvalue weighted by molar-refractivity contribution is 0.0257. The third-order valence-electron chi connectivity index (χ3n) is 4.50. The van der Waals surface area contributed by atoms with Gasteiger partial charge < -0.3 is 24.2 Å². The summed E-state index contributed by atoms with van der Waals surface area (Å²) in [5.41, 5.74) is -0.417. The molecule has 0 saturated carbocycles. The van der Waals surface area contributed by atoms with Gasteiger partial charge in [0, 0.05) is 39.3 Å². The molecule has 0 unspecified atom stereocenters. The molecule has 2 aliphatic rings. The van der Waals surface area contributed by atoms with Crippen LogP contribution >= 0.6 is 0 Å². The smallest absolute Gasteiger partial charge is 0.410 e. The van der Waals surface area contributed by atoms with E-state index in [1.807, 2.05) is 25.7 Å². The Balaban J connectivity index is 1.66. The van der Waals surface area contributed by atoms with Crippen LogP contribution in [0.5, 0.6) is 0 Å². The number of nitrogens with zero attached hydrogens (tertiary/aromatic N) is 3. The molecule has 0 aromatic carbocycles. The first-order chi connectivity index (χ1) is 11.4. The van der Waals surface area contributed by atoms with Gasteiger partial charge in [0.15, 0.2) is 0 Å². The number of hydrogen-bond donors (Lipinski definition) is 0. The summed E-state index contributed by atoms with van der Waals surface area (Å²) >= 11 is 0. The molecular weight excluding hydrogens is 306 g/mol. The summed E-state index contributed by atoms with van der Waals surface area (Å²) in [6.07, 6.45) is 3.19. The monoisotopic (exact) mass is 341 g/mol. The van der Waals surface area contributed by atoms with Gasteiger partial charge in [0.2, 0.25) is 0 Å². The lowest BCUT2D eigenvalue weighted by atomic mass is 10.2. The van der Waals surface area contributed by atoms with E-state index in [2.05, 4.69) is 9.80 Å². The number of ether oxygens (including phenoxy) is 2. The van der Waals surface area contributed by atoms with Crippen molar-refractivity contribution in [3.8, 4) is 0 Å². The van der Waals surface area contributed by atoms with E-state index >= 15 is 0 Å². The first-order valence-corrected chi connectivity index (χ1v) is 9.44. The van der Waals surface area contributed by atoms with E-state index in [0.717, 1.165) is 78.4 Å². The second-order valence-electron chi connectivity index (χ2n) is 7.82. The van der Waals surface area contributed by atoms with E-state index in [-0.39, 0.29) is 6.09 Å². The van der Waals surface area contributed by atoms with Crippen molar-refractivity contribution in [3.63, 3.8) is 0 Å². The van der Waals surface area contributed by atoms with Crippen LogP contribution in [0.3, 0.4) is 0 Å². The average molecular weight is 341 g/mol. The molecule has 24 heavy (non-hydrogen) atoms. The van der Waals surface area contributed by atoms with Crippen molar-refractivity contribution < 1.29 is 14.3 Å². The number of carbonyl (C=O) groups excluding carboxylic acids is 1. The van der Waals surface area contributed by atoms with Crippen molar-refractivity contribution in [1.82, 2.24) is 14.7 Å². The molecule has 0 bridgehead atoms. The van der Waals surface area contributed by atoms with E-state index in [1.54, 1.807) is 0 Å². The Morgan fingerprint density at radius 3 is 2.38 bits per heavy atom. The summed E-state index contributed by atoms with van der Waals surface area (Å²) in [7, 11) is 0. The van der Waals surface area contributed by atoms with Crippen molar-refractivity contribution in [2.24, 2.45) is 0 Å². The first kappa shape index (κ1) is 19.5. The molecular formula is C18H35N3O3. The number of rotatable bonds is 4. The van der Waals surface area contributed by atoms with Gasteiger partial charge >= 0.3 is 6.09 Å². The lowest BCUT2D eigenvalue weighted by Crippen LogP contribution is -2.39. The zero-order chi connectivity index (χ0) is 17.4. The molecule has 6 nitrogen and oxygen atoms in total. The van der Waals surface area contributed by atoms with E-state index in [9.17, 15) is 4.79 Å². The molecule has 2 saturated heterocycles. The largest absolute Gasteiger partial charge is 0.444 e. The van der Waals surface area contributed by atoms with Crippen molar-refractivity contribution in [2.75, 3.05) is 65.6 Å². The summed E-state index contributed by atoms with van der Waals surface area (Å²) < 4.78 is 11.0. The molecule has 0 aliphatic carbocycles. The maximum absolute atomic E-state index is 12.2. The van der Waals surface area contributed by atoms with Gasteiger partial charge in [0.1, 0.15) is 5.60 Å². The molecule has 0 radical (unpaired) electrons. The Morgan fingerprint density at radius 2 is 1.62 bits per heavy atom. The van der Waals surface area contributed by atoms with Gasteiger partial charge in [0.05, 0.1) is 6.61 Å². The van der Waals surface area contributed by atoms with Gasteiger partial charge in [-0.3, -0.25) is 0 Å². The Hall–Kier alpha value is -0.850. The van der Waals surface area contributed by atoms with Crippen LogP contribution in [0.15, 0.2) is 0 Å². The highest BCUT2D eigenvalue weighted by molar-refractivity contribution is 5.68. The molecule has 0 spiro atoms. The number of hydrogen-bond acceptors (Lipinski definition) is 5. The quantitative estimate of drug-likeness (QED) is 0.783. The molecule has 0 aromatic rings. The minimum absolute atomic E-state index is 0.172. The van der Waals surface area contributed by atoms with Crippen LogP contribution in [0.25, 0.3) is 0 Å². The molecule has 0 aromatic heterocycles. The minimum atomic E-state index is -0.417. The fourth-order valence-electron chi connectivity index (χ4n) is 3.24. The third-order valence-corrected chi connectivity index (χ3v) is 4.50. The fraction of sp³-hybridized carbons (Fsp3) is 0.944. The van der Waals surface area contributed by atoms with Crippen LogP contribution in [0.1, 0.15) is 40.0 Å². The second-order valence-corrected chi connectivity index (χ2v) is 7.82. The zero-order valence-corrected chi connectivity index (χ0v) is 15.8. The molecule has 2 rings (SSSR count). The minimum Gasteiger partial charge on any atom is -0.444 e. The van der Waals surface area contributed by atoms with Crippen LogP contribution in [0.2, 0.25) is 0 Å². The van der Waals surface area contributed by atoms with Crippen LogP contribution in [-0.2, 0) is 9.47 Å². The first-order valence-electron chi connectivity index (χ1n) is 9.44. The third kappa shape index (κ3) is 7.36. The normalized spacial score (nSPS) is 22.0. The summed E-state index contributed by atoms with van der Waals surface area (Å²) in [5.74, 6) is 0. The Morgan fingerprint density at radius 1 is 0.917 bits per heavy atom. The summed E-state index contributed by atoms with van der Waals surface area (Å²) in [6, 6.07) is 0. The Bertz CT molecular complexity index is 376. The van der Waals surface area contributed by atoms with Gasteiger partial charge in [-0.25, -0.2) is 4.79 Å². The Labute approximate surface area is 147 Å². The van der Waals surface area contributed by atoms with Gasteiger partial charge in [0.25, 0.3) is 0 Å². The highest BCUT2D eigenvalue weighted by Gasteiger charge is 2.24. The molecule has 0 atom stereocenters. The highest BCUT2D eigenvalue weighted by Crippen LogP contribution is 2.12. The molecule has 0 N–H and O–H groups in total. The fourth-order valence-corrected chi connectivity index (χ4v) is 3.24. The SMILES string of the molecule is CC(C)(C)OC(=O)N1CCCN(CCCN2CCCOCC2)CC1. The number of amides is 1. The van der Waals surface area contributed by atoms with Crippen LogP contribution < -0.4 is 0 Å². The average Bonchev–Trinajstić information content (AvgIpc) is 2.88. The zero-order valence-electron chi connectivity index (χ0n) is 15.8. The summed E-state index contributed by atoms with van der Waals surface area (Å²) in [4.78, 5) is 19.0. The molecule has 2 fully saturated rings. The molecule has 1 amide bonds. The van der Waals surface area contributed by atoms with Gasteiger partial charge in [-0.1, -0.05) is 0 Å². The molecule has 140 valence electrons. The predicted molar refractivity (Wildman–Crippen MR) is 95.4 cm³/mol. The predicted octanol–water partition coefficient (Wildman–Crippen LogP) is 2.04. The van der Waals surface area contributed by atoms with E-state index < -0.39 is 5.60 Å². The topological polar surface area (TPSA) is 45.2 Å². The van der Waals surface area contributed by atoms with Crippen molar-refractivity contribution in [1.29, 1.82) is 0 Å². The van der Waals surface area contributed by atoms with Gasteiger partial charge in [-0.15, -0.1) is 0 Å². The summed E-state index contributed by atoms with van der Waals surface area (Å²) in [5, 5.41) is 0. The van der Waals surface area contributed by atoms with E-state index in [0.29, 0.717) is 0 Å². The molecule has 6 heteroatoms. The maximum Gasteiger partial charge on any atom is 0.410 e.